The second-order valence-electron chi connectivity index (χ2n) is 4.15. The highest BCUT2D eigenvalue weighted by Gasteiger charge is 2.15. The summed E-state index contributed by atoms with van der Waals surface area (Å²) in [4.78, 5) is 0.0934. The summed E-state index contributed by atoms with van der Waals surface area (Å²) in [5, 5.41) is 9.19. The maximum Gasteiger partial charge on any atom is 0.261 e. The fourth-order valence-electron chi connectivity index (χ4n) is 1.63. The third-order valence-corrected chi connectivity index (χ3v) is 4.60. The zero-order chi connectivity index (χ0) is 14.8. The summed E-state index contributed by atoms with van der Waals surface area (Å²) in [7, 11) is -3.70. The molecular formula is C14H11ClN2O2S. The highest BCUT2D eigenvalue weighted by Crippen LogP contribution is 2.25. The molecule has 102 valence electrons. The van der Waals surface area contributed by atoms with E-state index in [4.69, 9.17) is 16.9 Å². The smallest absolute Gasteiger partial charge is 0.261 e. The van der Waals surface area contributed by atoms with Crippen molar-refractivity contribution >= 4 is 27.3 Å². The van der Waals surface area contributed by atoms with Crippen LogP contribution in [-0.2, 0) is 10.0 Å². The summed E-state index contributed by atoms with van der Waals surface area (Å²) >= 11 is 5.96. The lowest BCUT2D eigenvalue weighted by atomic mass is 10.2. The van der Waals surface area contributed by atoms with E-state index in [1.54, 1.807) is 25.1 Å². The quantitative estimate of drug-likeness (QED) is 0.945. The van der Waals surface area contributed by atoms with Crippen molar-refractivity contribution in [3.8, 4) is 6.07 Å². The Balaban J connectivity index is 2.36. The van der Waals surface area contributed by atoms with Crippen molar-refractivity contribution in [1.82, 2.24) is 0 Å². The molecule has 0 amide bonds. The Kier molecular flexibility index (Phi) is 3.98. The van der Waals surface area contributed by atoms with Gasteiger partial charge in [-0.25, -0.2) is 8.42 Å². The SMILES string of the molecule is Cc1c(Cl)cccc1NS(=O)(=O)c1ccc(C#N)cc1. The molecule has 0 radical (unpaired) electrons. The Labute approximate surface area is 122 Å². The summed E-state index contributed by atoms with van der Waals surface area (Å²) in [6.07, 6.45) is 0. The molecule has 2 aromatic carbocycles. The molecule has 6 heteroatoms. The topological polar surface area (TPSA) is 70.0 Å². The van der Waals surface area contributed by atoms with E-state index in [2.05, 4.69) is 4.72 Å². The number of sulfonamides is 1. The molecule has 2 rings (SSSR count). The van der Waals surface area contributed by atoms with Crippen LogP contribution in [0.3, 0.4) is 0 Å². The maximum absolute atomic E-state index is 12.2. The summed E-state index contributed by atoms with van der Waals surface area (Å²) in [6.45, 7) is 1.74. The number of benzene rings is 2. The van der Waals surface area contributed by atoms with E-state index in [9.17, 15) is 8.42 Å². The summed E-state index contributed by atoms with van der Waals surface area (Å²) < 4.78 is 26.9. The van der Waals surface area contributed by atoms with Crippen LogP contribution in [-0.4, -0.2) is 8.42 Å². The van der Waals surface area contributed by atoms with Gasteiger partial charge in [0.15, 0.2) is 0 Å². The molecule has 20 heavy (non-hydrogen) atoms. The molecule has 0 spiro atoms. The third kappa shape index (κ3) is 2.93. The van der Waals surface area contributed by atoms with Gasteiger partial charge in [0.2, 0.25) is 0 Å². The van der Waals surface area contributed by atoms with Crippen LogP contribution in [0, 0.1) is 18.3 Å². The van der Waals surface area contributed by atoms with Gasteiger partial charge >= 0.3 is 0 Å². The lowest BCUT2D eigenvalue weighted by molar-refractivity contribution is 0.601. The van der Waals surface area contributed by atoms with Crippen molar-refractivity contribution in [3.63, 3.8) is 0 Å². The van der Waals surface area contributed by atoms with Gasteiger partial charge in [-0.1, -0.05) is 17.7 Å². The fraction of sp³-hybridized carbons (Fsp3) is 0.0714. The van der Waals surface area contributed by atoms with Crippen molar-refractivity contribution < 1.29 is 8.42 Å². The molecular weight excluding hydrogens is 296 g/mol. The third-order valence-electron chi connectivity index (χ3n) is 2.81. The zero-order valence-corrected chi connectivity index (χ0v) is 12.2. The molecule has 0 fully saturated rings. The molecule has 0 unspecified atom stereocenters. The minimum Gasteiger partial charge on any atom is -0.279 e. The van der Waals surface area contributed by atoms with Crippen LogP contribution in [0.15, 0.2) is 47.4 Å². The number of hydrogen-bond acceptors (Lipinski definition) is 3. The second kappa shape index (κ2) is 5.53. The van der Waals surface area contributed by atoms with Gasteiger partial charge in [0.25, 0.3) is 10.0 Å². The minimum absolute atomic E-state index is 0.0934. The van der Waals surface area contributed by atoms with Crippen LogP contribution in [0.25, 0.3) is 0 Å². The predicted octanol–water partition coefficient (Wildman–Crippen LogP) is 3.32. The van der Waals surface area contributed by atoms with Gasteiger partial charge in [-0.15, -0.1) is 0 Å². The van der Waals surface area contributed by atoms with Crippen molar-refractivity contribution in [3.05, 3.63) is 58.6 Å². The number of nitriles is 1. The normalized spacial score (nSPS) is 10.8. The molecule has 0 heterocycles. The molecule has 0 atom stereocenters. The summed E-state index contributed by atoms with van der Waals surface area (Å²) in [5.74, 6) is 0. The fourth-order valence-corrected chi connectivity index (χ4v) is 2.93. The van der Waals surface area contributed by atoms with Gasteiger partial charge < -0.3 is 0 Å². The number of nitrogens with zero attached hydrogens (tertiary/aromatic N) is 1. The van der Waals surface area contributed by atoms with Crippen molar-refractivity contribution in [2.45, 2.75) is 11.8 Å². The molecule has 1 N–H and O–H groups in total. The lowest BCUT2D eigenvalue weighted by Crippen LogP contribution is -2.13. The molecule has 0 aromatic heterocycles. The van der Waals surface area contributed by atoms with Crippen molar-refractivity contribution in [1.29, 1.82) is 5.26 Å². The molecule has 0 aliphatic carbocycles. The van der Waals surface area contributed by atoms with Crippen LogP contribution in [0.1, 0.15) is 11.1 Å². The van der Waals surface area contributed by atoms with Gasteiger partial charge in [0, 0.05) is 5.02 Å². The molecule has 0 aliphatic heterocycles. The lowest BCUT2D eigenvalue weighted by Gasteiger charge is -2.11. The Bertz CT molecular complexity index is 778. The molecule has 0 bridgehead atoms. The summed E-state index contributed by atoms with van der Waals surface area (Å²) in [5.41, 5.74) is 1.50. The number of halogens is 1. The predicted molar refractivity (Wildman–Crippen MR) is 78.2 cm³/mol. The van der Waals surface area contributed by atoms with Crippen LogP contribution in [0.2, 0.25) is 5.02 Å². The number of anilines is 1. The Morgan fingerprint density at radius 3 is 2.40 bits per heavy atom. The van der Waals surface area contributed by atoms with E-state index >= 15 is 0 Å². The number of hydrogen-bond donors (Lipinski definition) is 1. The van der Waals surface area contributed by atoms with E-state index < -0.39 is 10.0 Å². The average Bonchev–Trinajstić information content (AvgIpc) is 2.44. The minimum atomic E-state index is -3.70. The Morgan fingerprint density at radius 2 is 1.80 bits per heavy atom. The molecule has 0 saturated carbocycles. The highest BCUT2D eigenvalue weighted by atomic mass is 35.5. The average molecular weight is 307 g/mol. The van der Waals surface area contributed by atoms with Crippen LogP contribution < -0.4 is 4.72 Å². The van der Waals surface area contributed by atoms with Crippen LogP contribution in [0.4, 0.5) is 5.69 Å². The monoisotopic (exact) mass is 306 g/mol. The zero-order valence-electron chi connectivity index (χ0n) is 10.6. The molecule has 0 aliphatic rings. The Morgan fingerprint density at radius 1 is 1.15 bits per heavy atom. The largest absolute Gasteiger partial charge is 0.279 e. The van der Waals surface area contributed by atoms with Gasteiger partial charge in [-0.3, -0.25) is 4.72 Å². The first kappa shape index (κ1) is 14.4. The number of rotatable bonds is 3. The molecule has 2 aromatic rings. The Hall–Kier alpha value is -2.03. The first-order valence-corrected chi connectivity index (χ1v) is 7.58. The van der Waals surface area contributed by atoms with Crippen LogP contribution in [0.5, 0.6) is 0 Å². The first-order chi connectivity index (χ1) is 9.44. The van der Waals surface area contributed by atoms with E-state index in [1.807, 2.05) is 6.07 Å². The summed E-state index contributed by atoms with van der Waals surface area (Å²) in [6, 6.07) is 12.6. The maximum atomic E-state index is 12.2. The van der Waals surface area contributed by atoms with Crippen molar-refractivity contribution in [2.75, 3.05) is 4.72 Å². The van der Waals surface area contributed by atoms with E-state index in [0.29, 0.717) is 21.8 Å². The second-order valence-corrected chi connectivity index (χ2v) is 6.24. The standard InChI is InChI=1S/C14H11ClN2O2S/c1-10-13(15)3-2-4-14(10)17-20(18,19)12-7-5-11(9-16)6-8-12/h2-8,17H,1H3. The number of nitrogens with one attached hydrogen (secondary N) is 1. The highest BCUT2D eigenvalue weighted by molar-refractivity contribution is 7.92. The van der Waals surface area contributed by atoms with Gasteiger partial charge in [0.05, 0.1) is 22.2 Å². The van der Waals surface area contributed by atoms with Crippen molar-refractivity contribution in [2.24, 2.45) is 0 Å². The molecule has 0 saturated heterocycles. The molecule has 4 nitrogen and oxygen atoms in total. The van der Waals surface area contributed by atoms with Gasteiger partial charge in [-0.2, -0.15) is 5.26 Å². The first-order valence-electron chi connectivity index (χ1n) is 5.72. The van der Waals surface area contributed by atoms with Gasteiger partial charge in [-0.05, 0) is 48.9 Å². The van der Waals surface area contributed by atoms with E-state index in [-0.39, 0.29) is 4.90 Å². The van der Waals surface area contributed by atoms with E-state index in [0.717, 1.165) is 0 Å². The van der Waals surface area contributed by atoms with E-state index in [1.165, 1.54) is 24.3 Å². The van der Waals surface area contributed by atoms with Gasteiger partial charge in [0.1, 0.15) is 0 Å². The van der Waals surface area contributed by atoms with Crippen LogP contribution >= 0.6 is 11.6 Å².